The van der Waals surface area contributed by atoms with Gasteiger partial charge in [-0.2, -0.15) is 0 Å². The van der Waals surface area contributed by atoms with Crippen molar-refractivity contribution in [3.63, 3.8) is 0 Å². The number of methoxy groups -OCH3 is 1. The molecule has 0 aromatic carbocycles. The summed E-state index contributed by atoms with van der Waals surface area (Å²) in [6, 6.07) is 0. The molecule has 7 atom stereocenters. The topological polar surface area (TPSA) is 110 Å². The van der Waals surface area contributed by atoms with E-state index in [2.05, 4.69) is 32.1 Å². The Hall–Kier alpha value is -2.15. The van der Waals surface area contributed by atoms with Crippen LogP contribution >= 0.6 is 0 Å². The molecular weight excluding hydrogens is 508 g/mol. The van der Waals surface area contributed by atoms with E-state index >= 15 is 0 Å². The van der Waals surface area contributed by atoms with E-state index in [0.29, 0.717) is 42.9 Å². The lowest BCUT2D eigenvalue weighted by atomic mass is 9.66. The van der Waals surface area contributed by atoms with Gasteiger partial charge in [0.15, 0.2) is 0 Å². The van der Waals surface area contributed by atoms with Crippen molar-refractivity contribution in [1.82, 2.24) is 0 Å². The summed E-state index contributed by atoms with van der Waals surface area (Å²) in [6.07, 6.45) is 11.3. The number of hydrogen-bond acceptors (Lipinski definition) is 6. The average molecular weight is 567 g/mol. The van der Waals surface area contributed by atoms with E-state index in [1.807, 2.05) is 34.6 Å². The third-order valence-electron chi connectivity index (χ3n) is 8.37. The largest absolute Gasteiger partial charge is 0.481 e. The minimum atomic E-state index is -0.722. The Labute approximate surface area is 243 Å². The molecule has 0 aromatic heterocycles. The third kappa shape index (κ3) is 13.0. The number of aliphatic hydroxyl groups excluding tert-OH is 1. The quantitative estimate of drug-likeness (QED) is 0.237. The summed E-state index contributed by atoms with van der Waals surface area (Å²) >= 11 is 0. The Kier molecular flexibility index (Phi) is 18.0. The highest BCUT2D eigenvalue weighted by atomic mass is 16.6. The molecule has 40 heavy (non-hydrogen) atoms. The van der Waals surface area contributed by atoms with Crippen molar-refractivity contribution < 1.29 is 34.1 Å². The molecule has 0 aliphatic heterocycles. The first-order chi connectivity index (χ1) is 18.7. The molecule has 0 amide bonds. The van der Waals surface area contributed by atoms with Gasteiger partial charge in [0.05, 0.1) is 31.0 Å². The average Bonchev–Trinajstić information content (AvgIpc) is 2.93. The van der Waals surface area contributed by atoms with Crippen LogP contribution in [0.4, 0.5) is 0 Å². The van der Waals surface area contributed by atoms with Crippen LogP contribution < -0.4 is 0 Å². The summed E-state index contributed by atoms with van der Waals surface area (Å²) < 4.78 is 10.3. The number of carbonyl (C=O) groups excluding carboxylic acids is 2. The highest BCUT2D eigenvalue weighted by Gasteiger charge is 2.34. The number of fused-ring (bicyclic) bond motifs is 1. The number of carboxylic acids is 1. The molecule has 2 aliphatic carbocycles. The van der Waals surface area contributed by atoms with E-state index in [-0.39, 0.29) is 24.7 Å². The van der Waals surface area contributed by atoms with Gasteiger partial charge in [-0.15, -0.1) is 0 Å². The smallest absolute Gasteiger partial charge is 0.309 e. The Morgan fingerprint density at radius 3 is 2.25 bits per heavy atom. The zero-order valence-electron chi connectivity index (χ0n) is 26.9. The molecule has 0 heterocycles. The summed E-state index contributed by atoms with van der Waals surface area (Å²) in [5.74, 6) is 0.516. The fourth-order valence-electron chi connectivity index (χ4n) is 4.87. The number of ether oxygens (including phenoxy) is 2. The second-order valence-electron chi connectivity index (χ2n) is 11.9. The number of aliphatic hydroxyl groups is 1. The highest BCUT2D eigenvalue weighted by Crippen LogP contribution is 2.43. The van der Waals surface area contributed by atoms with Crippen LogP contribution in [0.3, 0.4) is 0 Å². The van der Waals surface area contributed by atoms with Gasteiger partial charge in [0.1, 0.15) is 6.10 Å². The van der Waals surface area contributed by atoms with E-state index < -0.39 is 29.6 Å². The second-order valence-corrected chi connectivity index (χ2v) is 11.9. The van der Waals surface area contributed by atoms with Crippen LogP contribution in [0.1, 0.15) is 114 Å². The molecule has 232 valence electrons. The van der Waals surface area contributed by atoms with Gasteiger partial charge in [-0.1, -0.05) is 66.7 Å². The van der Waals surface area contributed by atoms with Crippen LogP contribution in [0.25, 0.3) is 0 Å². The second kappa shape index (κ2) is 19.1. The predicted octanol–water partition coefficient (Wildman–Crippen LogP) is 7.37. The first-order valence-electron chi connectivity index (χ1n) is 15.3. The maximum Gasteiger partial charge on any atom is 0.309 e. The lowest BCUT2D eigenvalue weighted by Gasteiger charge is -2.39. The Balaban J connectivity index is 0.00000130. The molecule has 2 rings (SSSR count). The molecule has 0 fully saturated rings. The summed E-state index contributed by atoms with van der Waals surface area (Å²) in [5, 5.41) is 19.1. The van der Waals surface area contributed by atoms with E-state index in [0.717, 1.165) is 6.42 Å². The number of rotatable bonds is 12. The molecule has 0 saturated carbocycles. The molecule has 0 aromatic rings. The van der Waals surface area contributed by atoms with Crippen molar-refractivity contribution in [3.8, 4) is 0 Å². The third-order valence-corrected chi connectivity index (χ3v) is 8.37. The SMILES string of the molecule is CC.CCC(C)(C)C(=O)O.CCC(C)C(=O)O[C@@H](CC(=O)OC)C[C@H](O)CC[C@@H]1C2CC[C@@H](C)C=C2C=C[C@@H]1C. The Bertz CT molecular complexity index is 829. The van der Waals surface area contributed by atoms with Crippen LogP contribution in [0.5, 0.6) is 0 Å². The molecule has 2 unspecified atom stereocenters. The highest BCUT2D eigenvalue weighted by molar-refractivity contribution is 5.74. The van der Waals surface area contributed by atoms with Crippen molar-refractivity contribution >= 4 is 17.9 Å². The fraction of sp³-hybridized carbons (Fsp3) is 0.788. The number of carbonyl (C=O) groups is 3. The van der Waals surface area contributed by atoms with Crippen molar-refractivity contribution in [3.05, 3.63) is 23.8 Å². The van der Waals surface area contributed by atoms with Gasteiger partial charge in [0, 0.05) is 6.42 Å². The van der Waals surface area contributed by atoms with Crippen LogP contribution in [-0.2, 0) is 23.9 Å². The van der Waals surface area contributed by atoms with E-state index in [1.165, 1.54) is 25.5 Å². The number of aliphatic carboxylic acids is 1. The zero-order valence-corrected chi connectivity index (χ0v) is 26.9. The number of hydrogen-bond donors (Lipinski definition) is 2. The van der Waals surface area contributed by atoms with Crippen molar-refractivity contribution in [2.24, 2.45) is 35.0 Å². The fourth-order valence-corrected chi connectivity index (χ4v) is 4.87. The standard InChI is InChI=1S/C25H40O5.C6H12O2.C2H6/c1-6-17(3)25(28)30-21(15-24(27)29-5)14-20(26)10-12-22-18(4)8-9-19-13-16(2)7-11-23(19)22;1-4-6(2,3)5(7)8;1-2/h8-9,13,16-18,20-23,26H,6-7,10-12,14-15H2,1-5H3;4H2,1-3H3,(H,7,8);1-2H3/t16-,17?,18+,20-,21-,22+,23?;;/m1../s1. The molecule has 7 nitrogen and oxygen atoms in total. The summed E-state index contributed by atoms with van der Waals surface area (Å²) in [6.45, 7) is 17.6. The van der Waals surface area contributed by atoms with E-state index in [4.69, 9.17) is 14.6 Å². The molecule has 0 bridgehead atoms. The van der Waals surface area contributed by atoms with Crippen LogP contribution in [0.2, 0.25) is 0 Å². The van der Waals surface area contributed by atoms with Gasteiger partial charge in [0.25, 0.3) is 0 Å². The van der Waals surface area contributed by atoms with Gasteiger partial charge in [0.2, 0.25) is 0 Å². The summed E-state index contributed by atoms with van der Waals surface area (Å²) in [4.78, 5) is 34.2. The van der Waals surface area contributed by atoms with Gasteiger partial charge < -0.3 is 19.7 Å². The minimum Gasteiger partial charge on any atom is -0.481 e. The number of carboxylic acid groups (broad SMARTS) is 1. The van der Waals surface area contributed by atoms with E-state index in [1.54, 1.807) is 13.8 Å². The molecular formula is C33H58O7. The van der Waals surface area contributed by atoms with Crippen molar-refractivity contribution in [2.45, 2.75) is 126 Å². The molecule has 0 saturated heterocycles. The number of esters is 2. The van der Waals surface area contributed by atoms with Gasteiger partial charge in [-0.25, -0.2) is 0 Å². The van der Waals surface area contributed by atoms with Crippen LogP contribution in [0.15, 0.2) is 23.8 Å². The molecule has 7 heteroatoms. The monoisotopic (exact) mass is 566 g/mol. The Morgan fingerprint density at radius 1 is 1.12 bits per heavy atom. The molecule has 0 spiro atoms. The lowest BCUT2D eigenvalue weighted by Crippen LogP contribution is -2.31. The maximum atomic E-state index is 12.2. The van der Waals surface area contributed by atoms with E-state index in [9.17, 15) is 19.5 Å². The van der Waals surface area contributed by atoms with Crippen LogP contribution in [0, 0.1) is 35.0 Å². The summed E-state index contributed by atoms with van der Waals surface area (Å²) in [5.41, 5.74) is 0.914. The first kappa shape index (κ1) is 37.9. The van der Waals surface area contributed by atoms with Gasteiger partial charge in [-0.3, -0.25) is 14.4 Å². The maximum absolute atomic E-state index is 12.2. The Morgan fingerprint density at radius 2 is 1.75 bits per heavy atom. The lowest BCUT2D eigenvalue weighted by molar-refractivity contribution is -0.159. The molecule has 2 aliphatic rings. The van der Waals surface area contributed by atoms with Crippen molar-refractivity contribution in [1.29, 1.82) is 0 Å². The summed E-state index contributed by atoms with van der Waals surface area (Å²) in [7, 11) is 1.32. The van der Waals surface area contributed by atoms with Gasteiger partial charge >= 0.3 is 17.9 Å². The molecule has 2 N–H and O–H groups in total. The predicted molar refractivity (Wildman–Crippen MR) is 161 cm³/mol. The van der Waals surface area contributed by atoms with Crippen molar-refractivity contribution in [2.75, 3.05) is 7.11 Å². The first-order valence-corrected chi connectivity index (χ1v) is 15.3. The minimum absolute atomic E-state index is 0.0221. The normalized spacial score (nSPS) is 23.9. The molecule has 0 radical (unpaired) electrons. The van der Waals surface area contributed by atoms with Crippen LogP contribution in [-0.4, -0.2) is 47.4 Å². The number of allylic oxidation sites excluding steroid dienone is 4. The van der Waals surface area contributed by atoms with Gasteiger partial charge in [-0.05, 0) is 81.6 Å². The zero-order chi connectivity index (χ0) is 31.0.